The summed E-state index contributed by atoms with van der Waals surface area (Å²) in [5, 5.41) is 1.36. The first-order chi connectivity index (χ1) is 14.8. The Kier molecular flexibility index (Phi) is 3.10. The summed E-state index contributed by atoms with van der Waals surface area (Å²) in [5.41, 5.74) is 14.2. The van der Waals surface area contributed by atoms with Crippen LogP contribution >= 0.6 is 0 Å². The van der Waals surface area contributed by atoms with Gasteiger partial charge in [-0.05, 0) is 51.4 Å². The van der Waals surface area contributed by atoms with E-state index in [1.54, 1.807) is 0 Å². The molecule has 4 aromatic carbocycles. The molecule has 1 heteroatoms. The van der Waals surface area contributed by atoms with Crippen molar-refractivity contribution in [3.63, 3.8) is 0 Å². The number of aromatic nitrogens is 1. The minimum atomic E-state index is 0.276. The maximum atomic E-state index is 2.43. The molecule has 1 atom stereocenters. The van der Waals surface area contributed by atoms with Gasteiger partial charge in [0.15, 0.2) is 0 Å². The zero-order valence-corrected chi connectivity index (χ0v) is 16.9. The average molecular weight is 383 g/mol. The number of para-hydroxylation sites is 1. The summed E-state index contributed by atoms with van der Waals surface area (Å²) in [6.07, 6.45) is 1.03. The van der Waals surface area contributed by atoms with Crippen LogP contribution in [0.2, 0.25) is 0 Å². The SMILES string of the molecule is Cn1c2c(c3ccccc31)-c1ccccc1C2c1cccc2c1Cc1ccccc1-2. The third-order valence-electron chi connectivity index (χ3n) is 7.16. The summed E-state index contributed by atoms with van der Waals surface area (Å²) in [6.45, 7) is 0. The van der Waals surface area contributed by atoms with Gasteiger partial charge in [-0.3, -0.25) is 0 Å². The molecule has 0 N–H and O–H groups in total. The molecule has 0 aliphatic heterocycles. The van der Waals surface area contributed by atoms with Gasteiger partial charge in [-0.25, -0.2) is 0 Å². The molecule has 0 bridgehead atoms. The molecule has 142 valence electrons. The van der Waals surface area contributed by atoms with Crippen molar-refractivity contribution in [3.05, 3.63) is 119 Å². The predicted molar refractivity (Wildman–Crippen MR) is 124 cm³/mol. The van der Waals surface area contributed by atoms with E-state index in [4.69, 9.17) is 0 Å². The van der Waals surface area contributed by atoms with E-state index < -0.39 is 0 Å². The van der Waals surface area contributed by atoms with E-state index >= 15 is 0 Å². The van der Waals surface area contributed by atoms with E-state index in [0.717, 1.165) is 6.42 Å². The number of rotatable bonds is 1. The molecule has 0 saturated heterocycles. The maximum Gasteiger partial charge on any atom is 0.0508 e. The van der Waals surface area contributed by atoms with Gasteiger partial charge in [0.2, 0.25) is 0 Å². The lowest BCUT2D eigenvalue weighted by molar-refractivity contribution is 0.827. The summed E-state index contributed by atoms with van der Waals surface area (Å²) < 4.78 is 2.43. The highest BCUT2D eigenvalue weighted by molar-refractivity contribution is 6.02. The van der Waals surface area contributed by atoms with Crippen LogP contribution < -0.4 is 0 Å². The van der Waals surface area contributed by atoms with Crippen molar-refractivity contribution in [1.82, 2.24) is 4.57 Å². The fraction of sp³-hybridized carbons (Fsp3) is 0.103. The number of benzene rings is 4. The molecular weight excluding hydrogens is 362 g/mol. The fourth-order valence-corrected chi connectivity index (χ4v) is 5.92. The topological polar surface area (TPSA) is 4.93 Å². The largest absolute Gasteiger partial charge is 0.346 e. The number of aryl methyl sites for hydroxylation is 1. The monoisotopic (exact) mass is 383 g/mol. The lowest BCUT2D eigenvalue weighted by Gasteiger charge is -2.20. The van der Waals surface area contributed by atoms with Crippen molar-refractivity contribution in [2.75, 3.05) is 0 Å². The number of nitrogens with zero attached hydrogens (tertiary/aromatic N) is 1. The van der Waals surface area contributed by atoms with Gasteiger partial charge < -0.3 is 4.57 Å². The molecule has 30 heavy (non-hydrogen) atoms. The minimum Gasteiger partial charge on any atom is -0.346 e. The highest BCUT2D eigenvalue weighted by Gasteiger charge is 2.36. The lowest BCUT2D eigenvalue weighted by Crippen LogP contribution is -2.08. The predicted octanol–water partition coefficient (Wildman–Crippen LogP) is 6.91. The molecule has 1 aromatic heterocycles. The summed E-state index contributed by atoms with van der Waals surface area (Å²) in [7, 11) is 2.23. The Morgan fingerprint density at radius 3 is 2.30 bits per heavy atom. The van der Waals surface area contributed by atoms with Crippen molar-refractivity contribution in [1.29, 1.82) is 0 Å². The third kappa shape index (κ3) is 1.92. The number of fused-ring (bicyclic) bond motifs is 8. The second kappa shape index (κ2) is 5.73. The van der Waals surface area contributed by atoms with Gasteiger partial charge in [-0.1, -0.05) is 84.9 Å². The zero-order valence-electron chi connectivity index (χ0n) is 16.9. The standard InChI is InChI=1S/C29H21N/c1-30-26-16-7-6-13-24(26)28-22-12-5-4-11-21(22)27(29(28)30)23-15-8-14-20-19-10-3-2-9-18(19)17-25(20)23/h2-16,27H,17H2,1H3. The van der Waals surface area contributed by atoms with Crippen molar-refractivity contribution in [2.24, 2.45) is 7.05 Å². The number of hydrogen-bond donors (Lipinski definition) is 0. The molecule has 2 aliphatic rings. The molecule has 0 amide bonds. The van der Waals surface area contributed by atoms with Gasteiger partial charge in [0.25, 0.3) is 0 Å². The fourth-order valence-electron chi connectivity index (χ4n) is 5.92. The van der Waals surface area contributed by atoms with Crippen molar-refractivity contribution in [2.45, 2.75) is 12.3 Å². The van der Waals surface area contributed by atoms with Crippen molar-refractivity contribution in [3.8, 4) is 22.3 Å². The van der Waals surface area contributed by atoms with E-state index in [0.29, 0.717) is 0 Å². The van der Waals surface area contributed by atoms with Crippen molar-refractivity contribution < 1.29 is 0 Å². The van der Waals surface area contributed by atoms with E-state index in [-0.39, 0.29) is 5.92 Å². The summed E-state index contributed by atoms with van der Waals surface area (Å²) in [5.74, 6) is 0.276. The van der Waals surface area contributed by atoms with E-state index in [1.807, 2.05) is 0 Å². The second-order valence-electron chi connectivity index (χ2n) is 8.56. The van der Waals surface area contributed by atoms with Crippen LogP contribution in [-0.2, 0) is 13.5 Å². The van der Waals surface area contributed by atoms with Gasteiger partial charge in [0, 0.05) is 29.2 Å². The molecular formula is C29H21N. The van der Waals surface area contributed by atoms with E-state index in [2.05, 4.69) is 103 Å². The van der Waals surface area contributed by atoms with Gasteiger partial charge in [0.05, 0.1) is 5.92 Å². The van der Waals surface area contributed by atoms with Gasteiger partial charge >= 0.3 is 0 Å². The average Bonchev–Trinajstić information content (AvgIpc) is 3.43. The molecule has 2 aliphatic carbocycles. The molecule has 0 radical (unpaired) electrons. The molecule has 0 saturated carbocycles. The molecule has 1 unspecified atom stereocenters. The van der Waals surface area contributed by atoms with Crippen LogP contribution in [0.3, 0.4) is 0 Å². The van der Waals surface area contributed by atoms with Crippen LogP contribution in [0.1, 0.15) is 33.9 Å². The van der Waals surface area contributed by atoms with Gasteiger partial charge in [-0.2, -0.15) is 0 Å². The molecule has 1 nitrogen and oxygen atoms in total. The Hall–Kier alpha value is -3.58. The number of hydrogen-bond acceptors (Lipinski definition) is 0. The Balaban J connectivity index is 1.56. The molecule has 5 aromatic rings. The highest BCUT2D eigenvalue weighted by Crippen LogP contribution is 2.53. The first-order valence-corrected chi connectivity index (χ1v) is 10.7. The maximum absolute atomic E-state index is 2.43. The second-order valence-corrected chi connectivity index (χ2v) is 8.56. The molecule has 0 spiro atoms. The van der Waals surface area contributed by atoms with Crippen LogP contribution in [0, 0.1) is 0 Å². The summed E-state index contributed by atoms with van der Waals surface area (Å²) in [6, 6.07) is 33.6. The Bertz CT molecular complexity index is 1480. The van der Waals surface area contributed by atoms with Crippen LogP contribution in [0.5, 0.6) is 0 Å². The Morgan fingerprint density at radius 2 is 1.37 bits per heavy atom. The Morgan fingerprint density at radius 1 is 0.667 bits per heavy atom. The Labute approximate surface area is 176 Å². The van der Waals surface area contributed by atoms with E-state index in [9.17, 15) is 0 Å². The first kappa shape index (κ1) is 16.2. The van der Waals surface area contributed by atoms with Crippen LogP contribution in [0.4, 0.5) is 0 Å². The molecule has 1 heterocycles. The molecule has 0 fully saturated rings. The molecule has 7 rings (SSSR count). The summed E-state index contributed by atoms with van der Waals surface area (Å²) >= 11 is 0. The van der Waals surface area contributed by atoms with Crippen LogP contribution in [0.15, 0.2) is 91.0 Å². The smallest absolute Gasteiger partial charge is 0.0508 e. The van der Waals surface area contributed by atoms with E-state index in [1.165, 1.54) is 61.1 Å². The minimum absolute atomic E-state index is 0.276. The van der Waals surface area contributed by atoms with Crippen molar-refractivity contribution >= 4 is 10.9 Å². The quantitative estimate of drug-likeness (QED) is 0.290. The normalized spacial score (nSPS) is 15.7. The lowest BCUT2D eigenvalue weighted by atomic mass is 9.86. The van der Waals surface area contributed by atoms with Gasteiger partial charge in [0.1, 0.15) is 0 Å². The zero-order chi connectivity index (χ0) is 19.8. The summed E-state index contributed by atoms with van der Waals surface area (Å²) in [4.78, 5) is 0. The van der Waals surface area contributed by atoms with Crippen LogP contribution in [-0.4, -0.2) is 4.57 Å². The third-order valence-corrected chi connectivity index (χ3v) is 7.16. The van der Waals surface area contributed by atoms with Crippen LogP contribution in [0.25, 0.3) is 33.2 Å². The van der Waals surface area contributed by atoms with Gasteiger partial charge in [-0.15, -0.1) is 0 Å². The highest BCUT2D eigenvalue weighted by atomic mass is 15.0. The first-order valence-electron chi connectivity index (χ1n) is 10.7.